The monoisotopic (exact) mass is 376 g/mol. The quantitative estimate of drug-likeness (QED) is 0.658. The second-order valence-corrected chi connectivity index (χ2v) is 6.46. The van der Waals surface area contributed by atoms with Crippen LogP contribution in [0.2, 0.25) is 0 Å². The van der Waals surface area contributed by atoms with Crippen LogP contribution in [-0.4, -0.2) is 23.0 Å². The molecule has 0 aliphatic rings. The number of hydrogen-bond donors (Lipinski definition) is 2. The molecule has 0 radical (unpaired) electrons. The first kappa shape index (κ1) is 19.4. The number of para-hydroxylation sites is 1. The number of carbonyl (C=O) groups is 1. The molecule has 28 heavy (non-hydrogen) atoms. The third kappa shape index (κ3) is 4.85. The largest absolute Gasteiger partial charge is 0.496 e. The van der Waals surface area contributed by atoms with Crippen LogP contribution in [-0.2, 0) is 13.1 Å². The van der Waals surface area contributed by atoms with E-state index in [4.69, 9.17) is 4.74 Å². The molecule has 0 aliphatic heterocycles. The topological polar surface area (TPSA) is 76.1 Å². The Morgan fingerprint density at radius 3 is 2.43 bits per heavy atom. The molecule has 3 aromatic rings. The van der Waals surface area contributed by atoms with E-state index < -0.39 is 0 Å². The van der Waals surface area contributed by atoms with Gasteiger partial charge in [0.25, 0.3) is 5.91 Å². The molecule has 0 unspecified atom stereocenters. The van der Waals surface area contributed by atoms with Crippen molar-refractivity contribution in [2.45, 2.75) is 26.9 Å². The molecule has 0 bridgehead atoms. The van der Waals surface area contributed by atoms with Crippen LogP contribution in [0.25, 0.3) is 0 Å². The van der Waals surface area contributed by atoms with Gasteiger partial charge in [-0.25, -0.2) is 9.97 Å². The second kappa shape index (κ2) is 8.99. The van der Waals surface area contributed by atoms with Crippen molar-refractivity contribution in [1.29, 1.82) is 0 Å². The average molecular weight is 376 g/mol. The Morgan fingerprint density at radius 2 is 1.68 bits per heavy atom. The summed E-state index contributed by atoms with van der Waals surface area (Å²) >= 11 is 0. The lowest BCUT2D eigenvalue weighted by Crippen LogP contribution is -2.24. The average Bonchev–Trinajstić information content (AvgIpc) is 2.71. The highest BCUT2D eigenvalue weighted by molar-refractivity contribution is 5.92. The zero-order valence-corrected chi connectivity index (χ0v) is 16.3. The van der Waals surface area contributed by atoms with Crippen LogP contribution in [0.4, 0.5) is 5.82 Å². The summed E-state index contributed by atoms with van der Waals surface area (Å²) in [6.45, 7) is 4.83. The molecule has 3 rings (SSSR count). The molecule has 0 aliphatic carbocycles. The van der Waals surface area contributed by atoms with Gasteiger partial charge in [0.1, 0.15) is 23.1 Å². The molecular weight excluding hydrogens is 352 g/mol. The minimum absolute atomic E-state index is 0.254. The molecule has 0 saturated heterocycles. The molecule has 0 saturated carbocycles. The van der Waals surface area contributed by atoms with E-state index in [2.05, 4.69) is 39.7 Å². The van der Waals surface area contributed by atoms with Crippen molar-refractivity contribution < 1.29 is 9.53 Å². The van der Waals surface area contributed by atoms with Crippen molar-refractivity contribution in [3.05, 3.63) is 82.8 Å². The molecule has 1 aromatic heterocycles. The van der Waals surface area contributed by atoms with Crippen LogP contribution < -0.4 is 15.4 Å². The van der Waals surface area contributed by atoms with E-state index in [1.54, 1.807) is 20.1 Å². The number of hydrogen-bond acceptors (Lipinski definition) is 5. The smallest absolute Gasteiger partial charge is 0.270 e. The van der Waals surface area contributed by atoms with Crippen molar-refractivity contribution in [1.82, 2.24) is 15.3 Å². The van der Waals surface area contributed by atoms with Crippen molar-refractivity contribution >= 4 is 11.7 Å². The van der Waals surface area contributed by atoms with Crippen molar-refractivity contribution in [2.75, 3.05) is 12.4 Å². The highest BCUT2D eigenvalue weighted by Gasteiger charge is 2.12. The van der Waals surface area contributed by atoms with Gasteiger partial charge in [-0.3, -0.25) is 4.79 Å². The Balaban J connectivity index is 1.68. The number of benzene rings is 2. The van der Waals surface area contributed by atoms with Gasteiger partial charge < -0.3 is 15.4 Å². The molecule has 6 nitrogen and oxygen atoms in total. The molecule has 6 heteroatoms. The number of carbonyl (C=O) groups excluding carboxylic acids is 1. The number of amides is 1. The van der Waals surface area contributed by atoms with Gasteiger partial charge in [0.15, 0.2) is 0 Å². The Bertz CT molecular complexity index is 972. The fourth-order valence-corrected chi connectivity index (χ4v) is 2.88. The van der Waals surface area contributed by atoms with Crippen molar-refractivity contribution in [3.63, 3.8) is 0 Å². The molecule has 144 valence electrons. The van der Waals surface area contributed by atoms with Gasteiger partial charge in [-0.1, -0.05) is 42.5 Å². The zero-order valence-electron chi connectivity index (χ0n) is 16.3. The molecule has 0 spiro atoms. The van der Waals surface area contributed by atoms with Gasteiger partial charge in [0, 0.05) is 24.7 Å². The summed E-state index contributed by atoms with van der Waals surface area (Å²) in [6.07, 6.45) is 0. The first-order valence-corrected chi connectivity index (χ1v) is 9.11. The van der Waals surface area contributed by atoms with E-state index in [0.29, 0.717) is 30.4 Å². The van der Waals surface area contributed by atoms with Gasteiger partial charge >= 0.3 is 0 Å². The lowest BCUT2D eigenvalue weighted by Gasteiger charge is -2.11. The normalized spacial score (nSPS) is 10.4. The van der Waals surface area contributed by atoms with Gasteiger partial charge in [-0.15, -0.1) is 0 Å². The molecule has 1 heterocycles. The number of aryl methyl sites for hydroxylation is 2. The number of nitrogens with one attached hydrogen (secondary N) is 2. The first-order valence-electron chi connectivity index (χ1n) is 9.11. The minimum atomic E-state index is -0.254. The maximum atomic E-state index is 12.6. The third-order valence-corrected chi connectivity index (χ3v) is 4.42. The van der Waals surface area contributed by atoms with Crippen LogP contribution in [0.5, 0.6) is 5.75 Å². The number of rotatable bonds is 7. The molecular formula is C22H24N4O2. The van der Waals surface area contributed by atoms with E-state index >= 15 is 0 Å². The number of aromatic nitrogens is 2. The Labute approximate surface area is 165 Å². The maximum absolute atomic E-state index is 12.6. The van der Waals surface area contributed by atoms with Gasteiger partial charge in [-0.05, 0) is 31.0 Å². The molecule has 2 aromatic carbocycles. The first-order chi connectivity index (χ1) is 13.6. The number of anilines is 1. The van der Waals surface area contributed by atoms with Gasteiger partial charge in [0.2, 0.25) is 0 Å². The SMILES string of the molecule is COc1ccccc1CNC(=O)c1cc(NCc2ccccc2C)nc(C)n1. The van der Waals surface area contributed by atoms with Gasteiger partial charge in [0.05, 0.1) is 7.11 Å². The minimum Gasteiger partial charge on any atom is -0.496 e. The summed E-state index contributed by atoms with van der Waals surface area (Å²) in [5, 5.41) is 6.17. The van der Waals surface area contributed by atoms with Gasteiger partial charge in [-0.2, -0.15) is 0 Å². The molecule has 1 amide bonds. The Hall–Kier alpha value is -3.41. The summed E-state index contributed by atoms with van der Waals surface area (Å²) in [6, 6.07) is 17.4. The number of nitrogens with zero attached hydrogens (tertiary/aromatic N) is 2. The van der Waals surface area contributed by atoms with Crippen LogP contribution in [0.1, 0.15) is 33.0 Å². The standard InChI is InChI=1S/C22H24N4O2/c1-15-8-4-5-9-17(15)13-23-21-12-19(25-16(2)26-21)22(27)24-14-18-10-6-7-11-20(18)28-3/h4-12H,13-14H2,1-3H3,(H,24,27)(H,23,25,26). The van der Waals surface area contributed by atoms with Crippen LogP contribution in [0.3, 0.4) is 0 Å². The predicted molar refractivity (Wildman–Crippen MR) is 109 cm³/mol. The summed E-state index contributed by atoms with van der Waals surface area (Å²) < 4.78 is 5.32. The Morgan fingerprint density at radius 1 is 0.964 bits per heavy atom. The summed E-state index contributed by atoms with van der Waals surface area (Å²) in [4.78, 5) is 21.2. The number of ether oxygens (including phenoxy) is 1. The van der Waals surface area contributed by atoms with Crippen molar-refractivity contribution in [2.24, 2.45) is 0 Å². The molecule has 2 N–H and O–H groups in total. The lowest BCUT2D eigenvalue weighted by atomic mass is 10.1. The summed E-state index contributed by atoms with van der Waals surface area (Å²) in [5.41, 5.74) is 3.62. The highest BCUT2D eigenvalue weighted by atomic mass is 16.5. The van der Waals surface area contributed by atoms with Crippen molar-refractivity contribution in [3.8, 4) is 5.75 Å². The summed E-state index contributed by atoms with van der Waals surface area (Å²) in [5.74, 6) is 1.65. The summed E-state index contributed by atoms with van der Waals surface area (Å²) in [7, 11) is 1.61. The van der Waals surface area contributed by atoms with E-state index in [9.17, 15) is 4.79 Å². The van der Waals surface area contributed by atoms with Crippen LogP contribution >= 0.6 is 0 Å². The van der Waals surface area contributed by atoms with Crippen LogP contribution in [0.15, 0.2) is 54.6 Å². The predicted octanol–water partition coefficient (Wildman–Crippen LogP) is 3.64. The maximum Gasteiger partial charge on any atom is 0.270 e. The lowest BCUT2D eigenvalue weighted by molar-refractivity contribution is 0.0945. The van der Waals surface area contributed by atoms with Crippen LogP contribution in [0, 0.1) is 13.8 Å². The van der Waals surface area contributed by atoms with E-state index in [1.165, 1.54) is 11.1 Å². The Kier molecular flexibility index (Phi) is 6.22. The zero-order chi connectivity index (χ0) is 19.9. The van der Waals surface area contributed by atoms with E-state index in [-0.39, 0.29) is 5.91 Å². The van der Waals surface area contributed by atoms with E-state index in [1.807, 2.05) is 36.4 Å². The van der Waals surface area contributed by atoms with E-state index in [0.717, 1.165) is 11.3 Å². The molecule has 0 atom stereocenters. The second-order valence-electron chi connectivity index (χ2n) is 6.46. The fourth-order valence-electron chi connectivity index (χ4n) is 2.88. The fraction of sp³-hybridized carbons (Fsp3) is 0.227. The number of methoxy groups -OCH3 is 1. The molecule has 0 fully saturated rings. The highest BCUT2D eigenvalue weighted by Crippen LogP contribution is 2.17. The third-order valence-electron chi connectivity index (χ3n) is 4.42.